The van der Waals surface area contributed by atoms with E-state index in [1.807, 2.05) is 68.4 Å². The molecule has 0 saturated carbocycles. The monoisotopic (exact) mass is 377 g/mol. The van der Waals surface area contributed by atoms with Crippen LogP contribution in [0.3, 0.4) is 0 Å². The molecule has 0 N–H and O–H groups in total. The highest BCUT2D eigenvalue weighted by atomic mass is 35.5. The van der Waals surface area contributed by atoms with Crippen LogP contribution >= 0.6 is 11.6 Å². The van der Waals surface area contributed by atoms with Gasteiger partial charge in [0.15, 0.2) is 5.70 Å². The number of cyclic esters (lactones) is 1. The number of ether oxygens (including phenoxy) is 1. The van der Waals surface area contributed by atoms with Crippen LogP contribution in [-0.4, -0.2) is 21.6 Å². The normalized spacial score (nSPS) is 15.1. The molecule has 6 heteroatoms. The van der Waals surface area contributed by atoms with Crippen LogP contribution in [0.5, 0.6) is 0 Å². The standard InChI is InChI=1S/C21H16ClN3O2/c1-13-8-10-15(11-9-13)20-23-18(21(26)27-20)12-17-14(2)24-25(19(17)22)16-6-4-3-5-7-16/h3-12H,1-2H3. The summed E-state index contributed by atoms with van der Waals surface area (Å²) in [6.45, 7) is 3.83. The van der Waals surface area contributed by atoms with Gasteiger partial charge in [0.2, 0.25) is 5.90 Å². The molecule has 2 aromatic carbocycles. The number of hydrogen-bond donors (Lipinski definition) is 0. The number of esters is 1. The lowest BCUT2D eigenvalue weighted by Crippen LogP contribution is -2.05. The third-order valence-corrected chi connectivity index (χ3v) is 4.61. The van der Waals surface area contributed by atoms with E-state index in [1.54, 1.807) is 10.8 Å². The molecule has 0 bridgehead atoms. The summed E-state index contributed by atoms with van der Waals surface area (Å²) in [5.74, 6) is -0.219. The Balaban J connectivity index is 1.72. The van der Waals surface area contributed by atoms with Gasteiger partial charge in [0.05, 0.1) is 11.4 Å². The van der Waals surface area contributed by atoms with Crippen molar-refractivity contribution in [3.8, 4) is 5.69 Å². The molecule has 5 nitrogen and oxygen atoms in total. The Hall–Kier alpha value is -3.18. The van der Waals surface area contributed by atoms with Crippen molar-refractivity contribution >= 4 is 29.5 Å². The highest BCUT2D eigenvalue weighted by Gasteiger charge is 2.25. The Morgan fingerprint density at radius 2 is 1.74 bits per heavy atom. The molecule has 2 heterocycles. The Labute approximate surface area is 161 Å². The van der Waals surface area contributed by atoms with Crippen LogP contribution in [-0.2, 0) is 9.53 Å². The fraction of sp³-hybridized carbons (Fsp3) is 0.0952. The summed E-state index contributed by atoms with van der Waals surface area (Å²) in [6.07, 6.45) is 1.62. The Kier molecular flexibility index (Phi) is 4.38. The molecule has 27 heavy (non-hydrogen) atoms. The number of halogens is 1. The number of hydrogen-bond acceptors (Lipinski definition) is 4. The van der Waals surface area contributed by atoms with Gasteiger partial charge in [-0.2, -0.15) is 5.10 Å². The van der Waals surface area contributed by atoms with Crippen molar-refractivity contribution in [2.45, 2.75) is 13.8 Å². The third kappa shape index (κ3) is 3.29. The van der Waals surface area contributed by atoms with Gasteiger partial charge in [0, 0.05) is 11.1 Å². The minimum Gasteiger partial charge on any atom is -0.402 e. The lowest BCUT2D eigenvalue weighted by molar-refractivity contribution is -0.129. The Morgan fingerprint density at radius 3 is 2.44 bits per heavy atom. The molecule has 0 saturated heterocycles. The third-order valence-electron chi connectivity index (χ3n) is 4.25. The lowest BCUT2D eigenvalue weighted by atomic mass is 10.1. The smallest absolute Gasteiger partial charge is 0.363 e. The maximum Gasteiger partial charge on any atom is 0.363 e. The zero-order valence-electron chi connectivity index (χ0n) is 14.8. The molecule has 0 amide bonds. The quantitative estimate of drug-likeness (QED) is 0.499. The van der Waals surface area contributed by atoms with Crippen molar-refractivity contribution in [1.82, 2.24) is 9.78 Å². The molecule has 1 aliphatic heterocycles. The molecule has 1 aromatic heterocycles. The van der Waals surface area contributed by atoms with Crippen molar-refractivity contribution in [3.05, 3.63) is 87.8 Å². The van der Waals surface area contributed by atoms with Gasteiger partial charge < -0.3 is 4.74 Å². The van der Waals surface area contributed by atoms with Gasteiger partial charge in [-0.15, -0.1) is 0 Å². The SMILES string of the molecule is Cc1ccc(C2=NC(=Cc3c(C)nn(-c4ccccc4)c3Cl)C(=O)O2)cc1. The minimum absolute atomic E-state index is 0.197. The predicted molar refractivity (Wildman–Crippen MR) is 105 cm³/mol. The van der Waals surface area contributed by atoms with Gasteiger partial charge in [-0.05, 0) is 44.2 Å². The summed E-state index contributed by atoms with van der Waals surface area (Å²) in [7, 11) is 0. The number of para-hydroxylation sites is 1. The molecule has 0 atom stereocenters. The van der Waals surface area contributed by atoms with E-state index in [-0.39, 0.29) is 11.6 Å². The number of carbonyl (C=O) groups is 1. The molecule has 0 aliphatic carbocycles. The number of aryl methyl sites for hydroxylation is 2. The largest absolute Gasteiger partial charge is 0.402 e. The molecule has 0 radical (unpaired) electrons. The van der Waals surface area contributed by atoms with Crippen molar-refractivity contribution in [2.75, 3.05) is 0 Å². The van der Waals surface area contributed by atoms with Gasteiger partial charge in [-0.25, -0.2) is 14.5 Å². The summed E-state index contributed by atoms with van der Waals surface area (Å²) >= 11 is 6.52. The van der Waals surface area contributed by atoms with E-state index in [4.69, 9.17) is 16.3 Å². The second-order valence-electron chi connectivity index (χ2n) is 6.24. The predicted octanol–water partition coefficient (Wildman–Crippen LogP) is 4.49. The highest BCUT2D eigenvalue weighted by molar-refractivity contribution is 6.31. The first-order valence-electron chi connectivity index (χ1n) is 8.43. The average molecular weight is 378 g/mol. The van der Waals surface area contributed by atoms with Crippen LogP contribution in [0.2, 0.25) is 5.15 Å². The van der Waals surface area contributed by atoms with Crippen molar-refractivity contribution in [2.24, 2.45) is 4.99 Å². The van der Waals surface area contributed by atoms with Gasteiger partial charge >= 0.3 is 5.97 Å². The first kappa shape index (κ1) is 17.2. The average Bonchev–Trinajstić information content (AvgIpc) is 3.18. The van der Waals surface area contributed by atoms with Crippen LogP contribution in [0.4, 0.5) is 0 Å². The summed E-state index contributed by atoms with van der Waals surface area (Å²) in [5.41, 5.74) is 4.25. The molecular weight excluding hydrogens is 362 g/mol. The van der Waals surface area contributed by atoms with Crippen LogP contribution < -0.4 is 0 Å². The van der Waals surface area contributed by atoms with Gasteiger partial charge in [-0.1, -0.05) is 47.5 Å². The molecule has 4 rings (SSSR count). The second kappa shape index (κ2) is 6.85. The fourth-order valence-corrected chi connectivity index (χ4v) is 3.11. The van der Waals surface area contributed by atoms with Crippen LogP contribution in [0, 0.1) is 13.8 Å². The molecule has 0 fully saturated rings. The first-order valence-corrected chi connectivity index (χ1v) is 8.81. The molecular formula is C21H16ClN3O2. The lowest BCUT2D eigenvalue weighted by Gasteiger charge is -2.01. The van der Waals surface area contributed by atoms with E-state index in [2.05, 4.69) is 10.1 Å². The maximum absolute atomic E-state index is 12.3. The second-order valence-corrected chi connectivity index (χ2v) is 6.60. The number of aliphatic imine (C=N–C) groups is 1. The van der Waals surface area contributed by atoms with E-state index in [9.17, 15) is 4.79 Å². The number of carbonyl (C=O) groups excluding carboxylic acids is 1. The fourth-order valence-electron chi connectivity index (χ4n) is 2.78. The van der Waals surface area contributed by atoms with E-state index in [0.717, 1.165) is 16.8 Å². The number of benzene rings is 2. The summed E-state index contributed by atoms with van der Waals surface area (Å²) in [5, 5.41) is 4.89. The zero-order valence-corrected chi connectivity index (χ0v) is 15.6. The van der Waals surface area contributed by atoms with Crippen molar-refractivity contribution in [3.63, 3.8) is 0 Å². The van der Waals surface area contributed by atoms with Gasteiger partial charge in [0.1, 0.15) is 5.15 Å². The number of rotatable bonds is 3. The summed E-state index contributed by atoms with van der Waals surface area (Å²) < 4.78 is 6.95. The highest BCUT2D eigenvalue weighted by Crippen LogP contribution is 2.27. The summed E-state index contributed by atoms with van der Waals surface area (Å²) in [6, 6.07) is 17.2. The minimum atomic E-state index is -0.506. The Bertz CT molecular complexity index is 1080. The first-order chi connectivity index (χ1) is 13.0. The van der Waals surface area contributed by atoms with Crippen molar-refractivity contribution in [1.29, 1.82) is 0 Å². The molecule has 0 unspecified atom stereocenters. The van der Waals surface area contributed by atoms with E-state index < -0.39 is 5.97 Å². The van der Waals surface area contributed by atoms with Crippen LogP contribution in [0.15, 0.2) is 65.3 Å². The molecule has 3 aromatic rings. The van der Waals surface area contributed by atoms with Crippen LogP contribution in [0.1, 0.15) is 22.4 Å². The van der Waals surface area contributed by atoms with E-state index in [1.165, 1.54) is 0 Å². The van der Waals surface area contributed by atoms with Crippen LogP contribution in [0.25, 0.3) is 11.8 Å². The van der Waals surface area contributed by atoms with Gasteiger partial charge in [-0.3, -0.25) is 0 Å². The van der Waals surface area contributed by atoms with E-state index in [0.29, 0.717) is 16.4 Å². The topological polar surface area (TPSA) is 56.5 Å². The number of nitrogens with zero attached hydrogens (tertiary/aromatic N) is 3. The van der Waals surface area contributed by atoms with Gasteiger partial charge in [0.25, 0.3) is 0 Å². The Morgan fingerprint density at radius 1 is 1.04 bits per heavy atom. The van der Waals surface area contributed by atoms with E-state index >= 15 is 0 Å². The molecule has 0 spiro atoms. The zero-order chi connectivity index (χ0) is 19.0. The number of aromatic nitrogens is 2. The maximum atomic E-state index is 12.3. The summed E-state index contributed by atoms with van der Waals surface area (Å²) in [4.78, 5) is 16.6. The molecule has 134 valence electrons. The van der Waals surface area contributed by atoms with Crippen molar-refractivity contribution < 1.29 is 9.53 Å². The molecule has 1 aliphatic rings.